The number of ether oxygens (including phenoxy) is 1. The summed E-state index contributed by atoms with van der Waals surface area (Å²) in [5.74, 6) is 0.125. The lowest BCUT2D eigenvalue weighted by Crippen LogP contribution is -2.33. The van der Waals surface area contributed by atoms with Gasteiger partial charge in [-0.1, -0.05) is 0 Å². The van der Waals surface area contributed by atoms with Crippen molar-refractivity contribution in [3.05, 3.63) is 20.3 Å². The highest BCUT2D eigenvalue weighted by molar-refractivity contribution is 14.1. The number of nitrogens with zero attached hydrogens (tertiary/aromatic N) is 2. The zero-order valence-electron chi connectivity index (χ0n) is 9.03. The average Bonchev–Trinajstić information content (AvgIpc) is 2.61. The van der Waals surface area contributed by atoms with Gasteiger partial charge in [0.15, 0.2) is 6.23 Å². The molecule has 0 amide bonds. The Hall–Kier alpha value is -0.420. The van der Waals surface area contributed by atoms with E-state index in [4.69, 9.17) is 27.2 Å². The van der Waals surface area contributed by atoms with Crippen molar-refractivity contribution in [2.24, 2.45) is 0 Å². The lowest BCUT2D eigenvalue weighted by atomic mass is 10.2. The monoisotopic (exact) mass is 387 g/mol. The fourth-order valence-corrected chi connectivity index (χ4v) is 2.48. The molecule has 1 saturated heterocycles. The molecule has 0 aliphatic carbocycles. The molecule has 100 valence electrons. The van der Waals surface area contributed by atoms with E-state index in [0.717, 1.165) is 4.57 Å². The molecule has 0 spiro atoms. The number of rotatable bonds is 2. The number of halogens is 2. The maximum atomic E-state index is 11.7. The molecule has 4 atom stereocenters. The first kappa shape index (κ1) is 14.0. The standard InChI is InChI=1S/C9H11ClIN3O4/c10-5-6(16)4(2-15)18-8(5)14-1-3(11)7(12)13-9(14)17/h1,4-6,8,15-16H,2H2,(H2,12,13,17)/t4-,5+,6-,8-/m1/s1. The number of aromatic nitrogens is 2. The number of anilines is 1. The number of hydrogen-bond acceptors (Lipinski definition) is 6. The van der Waals surface area contributed by atoms with Crippen LogP contribution in [-0.2, 0) is 4.74 Å². The normalized spacial score (nSPS) is 31.8. The Kier molecular flexibility index (Phi) is 4.11. The second-order valence-electron chi connectivity index (χ2n) is 3.85. The topological polar surface area (TPSA) is 111 Å². The minimum absolute atomic E-state index is 0.125. The van der Waals surface area contributed by atoms with Gasteiger partial charge >= 0.3 is 5.69 Å². The minimum Gasteiger partial charge on any atom is -0.394 e. The lowest BCUT2D eigenvalue weighted by molar-refractivity contribution is -0.0457. The van der Waals surface area contributed by atoms with E-state index in [2.05, 4.69) is 4.98 Å². The van der Waals surface area contributed by atoms with Gasteiger partial charge in [0.2, 0.25) is 0 Å². The van der Waals surface area contributed by atoms with E-state index < -0.39 is 29.5 Å². The predicted molar refractivity (Wildman–Crippen MR) is 72.3 cm³/mol. The summed E-state index contributed by atoms with van der Waals surface area (Å²) in [6, 6.07) is 0. The third-order valence-electron chi connectivity index (χ3n) is 2.68. The molecule has 0 aromatic carbocycles. The van der Waals surface area contributed by atoms with Crippen molar-refractivity contribution in [3.8, 4) is 0 Å². The van der Waals surface area contributed by atoms with Crippen LogP contribution in [0.1, 0.15) is 6.23 Å². The van der Waals surface area contributed by atoms with E-state index in [0.29, 0.717) is 3.57 Å². The molecule has 7 nitrogen and oxygen atoms in total. The molecule has 1 aliphatic rings. The van der Waals surface area contributed by atoms with Gasteiger partial charge in [0.1, 0.15) is 23.4 Å². The predicted octanol–water partition coefficient (Wildman–Crippen LogP) is -0.712. The highest BCUT2D eigenvalue weighted by Gasteiger charge is 2.43. The molecule has 0 radical (unpaired) electrons. The van der Waals surface area contributed by atoms with Crippen molar-refractivity contribution in [1.29, 1.82) is 0 Å². The van der Waals surface area contributed by atoms with Crippen molar-refractivity contribution in [2.45, 2.75) is 23.8 Å². The van der Waals surface area contributed by atoms with Gasteiger partial charge in [-0.05, 0) is 22.6 Å². The van der Waals surface area contributed by atoms with Crippen LogP contribution in [0.3, 0.4) is 0 Å². The summed E-state index contributed by atoms with van der Waals surface area (Å²) in [6.07, 6.45) is -1.30. The molecule has 1 aromatic heterocycles. The molecule has 9 heteroatoms. The Bertz CT molecular complexity index is 511. The van der Waals surface area contributed by atoms with Crippen molar-refractivity contribution in [1.82, 2.24) is 9.55 Å². The molecule has 2 heterocycles. The fraction of sp³-hybridized carbons (Fsp3) is 0.556. The Labute approximate surface area is 121 Å². The Morgan fingerprint density at radius 1 is 1.67 bits per heavy atom. The number of aliphatic hydroxyl groups is 2. The van der Waals surface area contributed by atoms with E-state index in [1.165, 1.54) is 6.20 Å². The maximum Gasteiger partial charge on any atom is 0.351 e. The summed E-state index contributed by atoms with van der Waals surface area (Å²) in [6.45, 7) is -0.380. The molecular formula is C9H11ClIN3O4. The van der Waals surface area contributed by atoms with Crippen LogP contribution in [0, 0.1) is 3.57 Å². The van der Waals surface area contributed by atoms with Crippen molar-refractivity contribution < 1.29 is 14.9 Å². The number of nitrogen functional groups attached to an aromatic ring is 1. The smallest absolute Gasteiger partial charge is 0.351 e. The summed E-state index contributed by atoms with van der Waals surface area (Å²) in [4.78, 5) is 15.3. The Morgan fingerprint density at radius 3 is 2.89 bits per heavy atom. The fourth-order valence-electron chi connectivity index (χ4n) is 1.72. The van der Waals surface area contributed by atoms with Crippen LogP contribution < -0.4 is 11.4 Å². The van der Waals surface area contributed by atoms with E-state index in [1.807, 2.05) is 22.6 Å². The third-order valence-corrected chi connectivity index (χ3v) is 3.99. The maximum absolute atomic E-state index is 11.7. The molecule has 18 heavy (non-hydrogen) atoms. The van der Waals surface area contributed by atoms with Crippen LogP contribution in [0.2, 0.25) is 0 Å². The molecule has 0 bridgehead atoms. The highest BCUT2D eigenvalue weighted by atomic mass is 127. The van der Waals surface area contributed by atoms with Crippen LogP contribution in [0.15, 0.2) is 11.0 Å². The van der Waals surface area contributed by atoms with Gasteiger partial charge in [-0.15, -0.1) is 11.6 Å². The number of nitrogens with two attached hydrogens (primary N) is 1. The van der Waals surface area contributed by atoms with Crippen LogP contribution >= 0.6 is 34.2 Å². The minimum atomic E-state index is -1.05. The summed E-state index contributed by atoms with van der Waals surface area (Å²) in [5.41, 5.74) is 4.89. The van der Waals surface area contributed by atoms with Gasteiger partial charge in [0, 0.05) is 6.20 Å². The second-order valence-corrected chi connectivity index (χ2v) is 5.51. The molecule has 2 rings (SSSR count). The Balaban J connectivity index is 2.39. The summed E-state index contributed by atoms with van der Waals surface area (Å²) in [7, 11) is 0. The summed E-state index contributed by atoms with van der Waals surface area (Å²) >= 11 is 7.92. The van der Waals surface area contributed by atoms with Crippen LogP contribution in [0.5, 0.6) is 0 Å². The van der Waals surface area contributed by atoms with Crippen LogP contribution in [0.25, 0.3) is 0 Å². The van der Waals surface area contributed by atoms with E-state index >= 15 is 0 Å². The van der Waals surface area contributed by atoms with Gasteiger partial charge < -0.3 is 20.7 Å². The molecule has 1 aliphatic heterocycles. The SMILES string of the molecule is Nc1nc(=O)n([C@@H]2O[C@H](CO)[C@@H](O)[C@@H]2Cl)cc1I. The number of hydrogen-bond donors (Lipinski definition) is 3. The third kappa shape index (κ3) is 2.35. The van der Waals surface area contributed by atoms with Gasteiger partial charge in [-0.2, -0.15) is 4.98 Å². The van der Waals surface area contributed by atoms with E-state index in [-0.39, 0.29) is 12.4 Å². The number of alkyl halides is 1. The molecule has 1 aromatic rings. The zero-order valence-corrected chi connectivity index (χ0v) is 11.9. The highest BCUT2D eigenvalue weighted by Crippen LogP contribution is 2.32. The van der Waals surface area contributed by atoms with E-state index in [1.54, 1.807) is 0 Å². The van der Waals surface area contributed by atoms with Gasteiger partial charge in [0.25, 0.3) is 0 Å². The first-order valence-electron chi connectivity index (χ1n) is 5.08. The van der Waals surface area contributed by atoms with Crippen LogP contribution in [0.4, 0.5) is 5.82 Å². The Morgan fingerprint density at radius 2 is 2.33 bits per heavy atom. The molecule has 1 fully saturated rings. The summed E-state index contributed by atoms with van der Waals surface area (Å²) < 4.78 is 7.08. The first-order valence-corrected chi connectivity index (χ1v) is 6.60. The molecule has 0 saturated carbocycles. The zero-order chi connectivity index (χ0) is 13.4. The van der Waals surface area contributed by atoms with Gasteiger partial charge in [-0.3, -0.25) is 4.57 Å². The first-order chi connectivity index (χ1) is 8.45. The molecular weight excluding hydrogens is 376 g/mol. The average molecular weight is 388 g/mol. The van der Waals surface area contributed by atoms with Crippen molar-refractivity contribution >= 4 is 40.0 Å². The molecule has 4 N–H and O–H groups in total. The quantitative estimate of drug-likeness (QED) is 0.457. The second kappa shape index (κ2) is 5.29. The van der Waals surface area contributed by atoms with Gasteiger partial charge in [0.05, 0.1) is 10.2 Å². The van der Waals surface area contributed by atoms with E-state index in [9.17, 15) is 9.90 Å². The molecule has 0 unspecified atom stereocenters. The largest absolute Gasteiger partial charge is 0.394 e. The lowest BCUT2D eigenvalue weighted by Gasteiger charge is -2.17. The van der Waals surface area contributed by atoms with Crippen LogP contribution in [-0.4, -0.2) is 44.0 Å². The summed E-state index contributed by atoms with van der Waals surface area (Å²) in [5, 5.41) is 17.9. The van der Waals surface area contributed by atoms with Gasteiger partial charge in [-0.25, -0.2) is 4.79 Å². The number of aliphatic hydroxyl groups excluding tert-OH is 2. The van der Waals surface area contributed by atoms with Crippen molar-refractivity contribution in [2.75, 3.05) is 12.3 Å². The van der Waals surface area contributed by atoms with Crippen molar-refractivity contribution in [3.63, 3.8) is 0 Å².